The molecular weight excluding hydrogens is 377 g/mol. The van der Waals surface area contributed by atoms with Crippen LogP contribution in [0.5, 0.6) is 0 Å². The van der Waals surface area contributed by atoms with Gasteiger partial charge in [-0.2, -0.15) is 18.3 Å². The van der Waals surface area contributed by atoms with Crippen LogP contribution in [0.4, 0.5) is 18.9 Å². The van der Waals surface area contributed by atoms with Crippen molar-refractivity contribution in [3.05, 3.63) is 30.3 Å². The number of amides is 1. The maximum Gasteiger partial charge on any atom is 0.401 e. The summed E-state index contributed by atoms with van der Waals surface area (Å²) in [6.07, 6.45) is -3.47. The van der Waals surface area contributed by atoms with Crippen molar-refractivity contribution >= 4 is 23.3 Å². The van der Waals surface area contributed by atoms with Crippen molar-refractivity contribution in [1.29, 1.82) is 0 Å². The van der Waals surface area contributed by atoms with Gasteiger partial charge in [-0.1, -0.05) is 18.2 Å². The highest BCUT2D eigenvalue weighted by Gasteiger charge is 2.37. The third-order valence-electron chi connectivity index (χ3n) is 4.80. The Balaban J connectivity index is 1.59. The first-order valence-corrected chi connectivity index (χ1v) is 8.97. The molecule has 1 fully saturated rings. The van der Waals surface area contributed by atoms with E-state index in [0.717, 1.165) is 0 Å². The Kier molecular flexibility index (Phi) is 5.87. The predicted octanol–water partition coefficient (Wildman–Crippen LogP) is 1.85. The number of carboxylic acid groups (broad SMARTS) is 1. The molecule has 7 nitrogen and oxygen atoms in total. The van der Waals surface area contributed by atoms with Crippen LogP contribution in [-0.2, 0) is 9.59 Å². The Morgan fingerprint density at radius 1 is 1.18 bits per heavy atom. The molecule has 2 heterocycles. The molecule has 0 saturated carbocycles. The van der Waals surface area contributed by atoms with Crippen LogP contribution in [0.3, 0.4) is 0 Å². The lowest BCUT2D eigenvalue weighted by molar-refractivity contribution is -0.148. The number of para-hydroxylation sites is 1. The number of carbonyl (C=O) groups is 2. The van der Waals surface area contributed by atoms with Crippen molar-refractivity contribution in [3.63, 3.8) is 0 Å². The highest BCUT2D eigenvalue weighted by molar-refractivity contribution is 6.40. The summed E-state index contributed by atoms with van der Waals surface area (Å²) in [6.45, 7) is -0.470. The summed E-state index contributed by atoms with van der Waals surface area (Å²) < 4.78 is 37.4. The van der Waals surface area contributed by atoms with Crippen molar-refractivity contribution in [2.45, 2.75) is 37.5 Å². The van der Waals surface area contributed by atoms with Crippen LogP contribution < -0.4 is 10.3 Å². The normalized spacial score (nSPS) is 21.5. The highest BCUT2D eigenvalue weighted by atomic mass is 19.4. The molecule has 28 heavy (non-hydrogen) atoms. The van der Waals surface area contributed by atoms with E-state index in [0.29, 0.717) is 18.5 Å². The molecular formula is C18H21F3N4O3. The standard InChI is InChI=1S/C18H21F3N4O3/c19-18(20,21)11-24-8-6-12(7-9-24)22-16(26)14-10-15(17(27)28)25(23-14)13-4-2-1-3-5-13/h1-5,12,15H,6-11H2,(H,22,26)(H,27,28). The number of aliphatic carboxylic acids is 1. The van der Waals surface area contributed by atoms with Crippen molar-refractivity contribution < 1.29 is 27.9 Å². The number of halogens is 3. The first-order chi connectivity index (χ1) is 13.2. The lowest BCUT2D eigenvalue weighted by atomic mass is 10.0. The molecule has 0 aromatic heterocycles. The predicted molar refractivity (Wildman–Crippen MR) is 96.1 cm³/mol. The van der Waals surface area contributed by atoms with Crippen molar-refractivity contribution in [2.75, 3.05) is 24.6 Å². The monoisotopic (exact) mass is 398 g/mol. The summed E-state index contributed by atoms with van der Waals surface area (Å²) in [6, 6.07) is 7.46. The van der Waals surface area contributed by atoms with Gasteiger partial charge in [0.05, 0.1) is 12.2 Å². The number of nitrogens with zero attached hydrogens (tertiary/aromatic N) is 3. The van der Waals surface area contributed by atoms with Gasteiger partial charge < -0.3 is 10.4 Å². The average molecular weight is 398 g/mol. The van der Waals surface area contributed by atoms with Crippen LogP contribution in [0.25, 0.3) is 0 Å². The minimum Gasteiger partial charge on any atom is -0.480 e. The molecule has 2 N–H and O–H groups in total. The number of hydrazone groups is 1. The van der Waals surface area contributed by atoms with E-state index in [2.05, 4.69) is 10.4 Å². The molecule has 3 rings (SSSR count). The molecule has 0 aliphatic carbocycles. The SMILES string of the molecule is O=C(NC1CCN(CC(F)(F)F)CC1)C1=NN(c2ccccc2)C(C(=O)O)C1. The number of carboxylic acids is 1. The second-order valence-electron chi connectivity index (χ2n) is 6.92. The minimum absolute atomic E-state index is 0.0387. The number of piperidine rings is 1. The second kappa shape index (κ2) is 8.17. The van der Waals surface area contributed by atoms with Gasteiger partial charge in [-0.3, -0.25) is 14.7 Å². The van der Waals surface area contributed by atoms with Gasteiger partial charge in [0, 0.05) is 25.6 Å². The molecule has 0 radical (unpaired) electrons. The van der Waals surface area contributed by atoms with Crippen LogP contribution >= 0.6 is 0 Å². The summed E-state index contributed by atoms with van der Waals surface area (Å²) in [5.74, 6) is -1.56. The van der Waals surface area contributed by atoms with E-state index in [-0.39, 0.29) is 31.3 Å². The fourth-order valence-electron chi connectivity index (χ4n) is 3.42. The largest absolute Gasteiger partial charge is 0.480 e. The van der Waals surface area contributed by atoms with Crippen LogP contribution in [0.2, 0.25) is 0 Å². The van der Waals surface area contributed by atoms with Crippen LogP contribution in [-0.4, -0.2) is 65.5 Å². The van der Waals surface area contributed by atoms with Gasteiger partial charge in [0.2, 0.25) is 0 Å². The van der Waals surface area contributed by atoms with E-state index in [1.165, 1.54) is 9.91 Å². The summed E-state index contributed by atoms with van der Waals surface area (Å²) in [4.78, 5) is 25.4. The Labute approximate surface area is 159 Å². The van der Waals surface area contributed by atoms with Gasteiger partial charge in [-0.25, -0.2) is 4.79 Å². The molecule has 1 aromatic carbocycles. The van der Waals surface area contributed by atoms with E-state index >= 15 is 0 Å². The van der Waals surface area contributed by atoms with Crippen molar-refractivity contribution in [3.8, 4) is 0 Å². The third kappa shape index (κ3) is 5.00. The molecule has 2 aliphatic rings. The van der Waals surface area contributed by atoms with E-state index < -0.39 is 30.6 Å². The van der Waals surface area contributed by atoms with Crippen molar-refractivity contribution in [1.82, 2.24) is 10.2 Å². The number of alkyl halides is 3. The van der Waals surface area contributed by atoms with Gasteiger partial charge in [0.25, 0.3) is 5.91 Å². The molecule has 1 unspecified atom stereocenters. The zero-order valence-electron chi connectivity index (χ0n) is 15.0. The molecule has 0 bridgehead atoms. The summed E-state index contributed by atoms with van der Waals surface area (Å²) >= 11 is 0. The highest BCUT2D eigenvalue weighted by Crippen LogP contribution is 2.25. The van der Waals surface area contributed by atoms with E-state index in [1.54, 1.807) is 30.3 Å². The van der Waals surface area contributed by atoms with Gasteiger partial charge in [-0.05, 0) is 25.0 Å². The smallest absolute Gasteiger partial charge is 0.401 e. The molecule has 2 aliphatic heterocycles. The average Bonchev–Trinajstić information content (AvgIpc) is 3.09. The summed E-state index contributed by atoms with van der Waals surface area (Å²) in [7, 11) is 0. The van der Waals surface area contributed by atoms with Crippen LogP contribution in [0, 0.1) is 0 Å². The Bertz CT molecular complexity index is 746. The fraction of sp³-hybridized carbons (Fsp3) is 0.500. The second-order valence-corrected chi connectivity index (χ2v) is 6.92. The zero-order chi connectivity index (χ0) is 20.3. The zero-order valence-corrected chi connectivity index (χ0v) is 15.0. The van der Waals surface area contributed by atoms with E-state index in [9.17, 15) is 27.9 Å². The van der Waals surface area contributed by atoms with Crippen molar-refractivity contribution in [2.24, 2.45) is 5.10 Å². The number of hydrogen-bond acceptors (Lipinski definition) is 5. The first-order valence-electron chi connectivity index (χ1n) is 8.97. The summed E-state index contributed by atoms with van der Waals surface area (Å²) in [5.41, 5.74) is 0.673. The molecule has 1 saturated heterocycles. The number of rotatable bonds is 5. The van der Waals surface area contributed by atoms with Crippen LogP contribution in [0.1, 0.15) is 19.3 Å². The van der Waals surface area contributed by atoms with E-state index in [1.807, 2.05) is 0 Å². The minimum atomic E-state index is -4.23. The molecule has 1 atom stereocenters. The van der Waals surface area contributed by atoms with Gasteiger partial charge in [-0.15, -0.1) is 0 Å². The molecule has 1 aromatic rings. The maximum absolute atomic E-state index is 12.5. The molecule has 0 spiro atoms. The Morgan fingerprint density at radius 2 is 1.82 bits per heavy atom. The quantitative estimate of drug-likeness (QED) is 0.791. The number of carbonyl (C=O) groups excluding carboxylic acids is 1. The topological polar surface area (TPSA) is 85.2 Å². The fourth-order valence-corrected chi connectivity index (χ4v) is 3.42. The number of likely N-dealkylation sites (tertiary alicyclic amines) is 1. The number of anilines is 1. The first kappa shape index (κ1) is 20.1. The van der Waals surface area contributed by atoms with Gasteiger partial charge in [0.15, 0.2) is 6.04 Å². The molecule has 10 heteroatoms. The van der Waals surface area contributed by atoms with Gasteiger partial charge >= 0.3 is 12.1 Å². The number of hydrogen-bond donors (Lipinski definition) is 2. The van der Waals surface area contributed by atoms with E-state index in [4.69, 9.17) is 0 Å². The third-order valence-corrected chi connectivity index (χ3v) is 4.80. The Hall–Kier alpha value is -2.62. The number of benzene rings is 1. The lowest BCUT2D eigenvalue weighted by Crippen LogP contribution is -2.48. The number of nitrogens with one attached hydrogen (secondary N) is 1. The lowest BCUT2D eigenvalue weighted by Gasteiger charge is -2.32. The molecule has 1 amide bonds. The van der Waals surface area contributed by atoms with Gasteiger partial charge in [0.1, 0.15) is 5.71 Å². The molecule has 152 valence electrons. The Morgan fingerprint density at radius 3 is 2.39 bits per heavy atom. The summed E-state index contributed by atoms with van der Waals surface area (Å²) in [5, 5.41) is 17.7. The van der Waals surface area contributed by atoms with Crippen LogP contribution in [0.15, 0.2) is 35.4 Å². The maximum atomic E-state index is 12.5.